The highest BCUT2D eigenvalue weighted by Gasteiger charge is 1.85. The molecule has 0 saturated carbocycles. The van der Waals surface area contributed by atoms with Crippen molar-refractivity contribution in [3.63, 3.8) is 0 Å². The van der Waals surface area contributed by atoms with Crippen LogP contribution in [-0.2, 0) is 9.47 Å². The van der Waals surface area contributed by atoms with Gasteiger partial charge in [-0.2, -0.15) is 0 Å². The number of methoxy groups -OCH3 is 2. The van der Waals surface area contributed by atoms with E-state index in [1.165, 1.54) is 0 Å². The molecule has 0 unspecified atom stereocenters. The van der Waals surface area contributed by atoms with Crippen molar-refractivity contribution in [2.45, 2.75) is 6.42 Å². The summed E-state index contributed by atoms with van der Waals surface area (Å²) in [4.78, 5) is 0. The fourth-order valence-electron chi connectivity index (χ4n) is 0.641. The molecule has 0 aliphatic heterocycles. The van der Waals surface area contributed by atoms with Gasteiger partial charge in [-0.3, -0.25) is 0 Å². The average molecular weight is 147 g/mol. The van der Waals surface area contributed by atoms with Crippen LogP contribution in [0, 0.1) is 0 Å². The van der Waals surface area contributed by atoms with Crippen LogP contribution in [0.2, 0.25) is 0 Å². The maximum Gasteiger partial charge on any atom is 0.0587 e. The van der Waals surface area contributed by atoms with Crippen LogP contribution in [0.3, 0.4) is 0 Å². The number of ether oxygens (including phenoxy) is 2. The molecule has 0 rings (SSSR count). The molecule has 0 heterocycles. The molecule has 0 aromatic rings. The van der Waals surface area contributed by atoms with Crippen LogP contribution in [-0.4, -0.2) is 40.5 Å². The molecule has 0 spiro atoms. The molecule has 0 bridgehead atoms. The lowest BCUT2D eigenvalue weighted by atomic mass is 10.4. The maximum atomic E-state index is 4.88. The molecule has 0 aromatic heterocycles. The minimum atomic E-state index is 0.785. The Morgan fingerprint density at radius 1 is 1.00 bits per heavy atom. The van der Waals surface area contributed by atoms with Crippen LogP contribution in [0.5, 0.6) is 0 Å². The van der Waals surface area contributed by atoms with E-state index >= 15 is 0 Å². The number of hydrogen-bond donors (Lipinski definition) is 1. The molecular weight excluding hydrogens is 130 g/mol. The van der Waals surface area contributed by atoms with E-state index in [4.69, 9.17) is 9.47 Å². The van der Waals surface area contributed by atoms with Crippen LogP contribution in [0.25, 0.3) is 0 Å². The largest absolute Gasteiger partial charge is 0.385 e. The minimum Gasteiger partial charge on any atom is -0.385 e. The van der Waals surface area contributed by atoms with Crippen LogP contribution >= 0.6 is 0 Å². The van der Waals surface area contributed by atoms with E-state index in [9.17, 15) is 0 Å². The number of rotatable bonds is 7. The molecule has 0 fully saturated rings. The lowest BCUT2D eigenvalue weighted by molar-refractivity contribution is 0.185. The molecule has 0 aliphatic carbocycles. The van der Waals surface area contributed by atoms with Crippen molar-refractivity contribution in [3.05, 3.63) is 0 Å². The Bertz CT molecular complexity index is 51.6. The molecule has 0 radical (unpaired) electrons. The summed E-state index contributed by atoms with van der Waals surface area (Å²) < 4.78 is 9.73. The van der Waals surface area contributed by atoms with E-state index in [-0.39, 0.29) is 0 Å². The first-order valence-corrected chi connectivity index (χ1v) is 3.60. The standard InChI is InChI=1S/C7H17NO2/c1-9-6-3-4-8-5-7-10-2/h8H,3-7H2,1-2H3. The predicted octanol–water partition coefficient (Wildman–Crippen LogP) is 0.259. The summed E-state index contributed by atoms with van der Waals surface area (Å²) in [6, 6.07) is 0. The van der Waals surface area contributed by atoms with Crippen LogP contribution in [0.15, 0.2) is 0 Å². The van der Waals surface area contributed by atoms with Crippen molar-refractivity contribution in [2.75, 3.05) is 40.5 Å². The van der Waals surface area contributed by atoms with Gasteiger partial charge >= 0.3 is 0 Å². The second-order valence-electron chi connectivity index (χ2n) is 2.09. The molecule has 3 nitrogen and oxygen atoms in total. The van der Waals surface area contributed by atoms with Crippen LogP contribution in [0.4, 0.5) is 0 Å². The Kier molecular flexibility index (Phi) is 8.77. The second-order valence-corrected chi connectivity index (χ2v) is 2.09. The van der Waals surface area contributed by atoms with Gasteiger partial charge in [-0.15, -0.1) is 0 Å². The highest BCUT2D eigenvalue weighted by Crippen LogP contribution is 1.75. The molecule has 10 heavy (non-hydrogen) atoms. The molecule has 1 N–H and O–H groups in total. The van der Waals surface area contributed by atoms with Gasteiger partial charge in [0.2, 0.25) is 0 Å². The molecule has 3 heteroatoms. The molecule has 0 saturated heterocycles. The smallest absolute Gasteiger partial charge is 0.0587 e. The lowest BCUT2D eigenvalue weighted by Crippen LogP contribution is -2.21. The summed E-state index contributed by atoms with van der Waals surface area (Å²) in [7, 11) is 3.42. The van der Waals surface area contributed by atoms with E-state index in [0.717, 1.165) is 32.7 Å². The SMILES string of the molecule is COCCCNCCOC. The van der Waals surface area contributed by atoms with Gasteiger partial charge in [0.05, 0.1) is 6.61 Å². The fourth-order valence-corrected chi connectivity index (χ4v) is 0.641. The summed E-state index contributed by atoms with van der Waals surface area (Å²) in [5.74, 6) is 0. The first kappa shape index (κ1) is 9.88. The van der Waals surface area contributed by atoms with E-state index < -0.39 is 0 Å². The van der Waals surface area contributed by atoms with Gasteiger partial charge in [0, 0.05) is 27.4 Å². The molecule has 62 valence electrons. The Morgan fingerprint density at radius 2 is 1.70 bits per heavy atom. The summed E-state index contributed by atoms with van der Waals surface area (Å²) in [5, 5.41) is 3.22. The Balaban J connectivity index is 2.65. The normalized spacial score (nSPS) is 10.2. The molecule has 0 atom stereocenters. The highest BCUT2D eigenvalue weighted by molar-refractivity contribution is 4.44. The quantitative estimate of drug-likeness (QED) is 0.524. The maximum absolute atomic E-state index is 4.88. The van der Waals surface area contributed by atoms with Crippen molar-refractivity contribution >= 4 is 0 Å². The third kappa shape index (κ3) is 7.88. The molecule has 0 aromatic carbocycles. The van der Waals surface area contributed by atoms with E-state index in [0.29, 0.717) is 0 Å². The van der Waals surface area contributed by atoms with Crippen molar-refractivity contribution in [2.24, 2.45) is 0 Å². The van der Waals surface area contributed by atoms with Crippen molar-refractivity contribution in [3.8, 4) is 0 Å². The number of hydrogen-bond acceptors (Lipinski definition) is 3. The van der Waals surface area contributed by atoms with E-state index in [1.807, 2.05) is 0 Å². The third-order valence-corrected chi connectivity index (χ3v) is 1.18. The number of nitrogens with one attached hydrogen (secondary N) is 1. The summed E-state index contributed by atoms with van der Waals surface area (Å²) >= 11 is 0. The van der Waals surface area contributed by atoms with Gasteiger partial charge in [0.25, 0.3) is 0 Å². The summed E-state index contributed by atoms with van der Waals surface area (Å²) in [6.07, 6.45) is 1.07. The fraction of sp³-hybridized carbons (Fsp3) is 1.00. The Morgan fingerprint density at radius 3 is 2.30 bits per heavy atom. The van der Waals surface area contributed by atoms with Crippen molar-refractivity contribution in [1.29, 1.82) is 0 Å². The summed E-state index contributed by atoms with van der Waals surface area (Å²) in [6.45, 7) is 3.56. The zero-order valence-corrected chi connectivity index (χ0v) is 6.85. The van der Waals surface area contributed by atoms with Crippen LogP contribution < -0.4 is 5.32 Å². The average Bonchev–Trinajstić information content (AvgIpc) is 1.97. The van der Waals surface area contributed by atoms with Crippen LogP contribution in [0.1, 0.15) is 6.42 Å². The van der Waals surface area contributed by atoms with Gasteiger partial charge in [0.1, 0.15) is 0 Å². The van der Waals surface area contributed by atoms with Gasteiger partial charge in [-0.05, 0) is 13.0 Å². The van der Waals surface area contributed by atoms with E-state index in [1.54, 1.807) is 14.2 Å². The molecule has 0 aliphatic rings. The Labute approximate surface area is 62.7 Å². The first-order chi connectivity index (χ1) is 4.91. The van der Waals surface area contributed by atoms with Crippen molar-refractivity contribution in [1.82, 2.24) is 5.32 Å². The zero-order valence-electron chi connectivity index (χ0n) is 6.85. The minimum absolute atomic E-state index is 0.785. The first-order valence-electron chi connectivity index (χ1n) is 3.60. The topological polar surface area (TPSA) is 30.5 Å². The van der Waals surface area contributed by atoms with Gasteiger partial charge < -0.3 is 14.8 Å². The Hall–Kier alpha value is -0.120. The van der Waals surface area contributed by atoms with Gasteiger partial charge in [0.15, 0.2) is 0 Å². The lowest BCUT2D eigenvalue weighted by Gasteiger charge is -2.02. The highest BCUT2D eigenvalue weighted by atomic mass is 16.5. The monoisotopic (exact) mass is 147 g/mol. The zero-order chi connectivity index (χ0) is 7.66. The van der Waals surface area contributed by atoms with Gasteiger partial charge in [-0.25, -0.2) is 0 Å². The van der Waals surface area contributed by atoms with Gasteiger partial charge in [-0.1, -0.05) is 0 Å². The molecular formula is C7H17NO2. The molecule has 0 amide bonds. The van der Waals surface area contributed by atoms with E-state index in [2.05, 4.69) is 5.32 Å². The summed E-state index contributed by atoms with van der Waals surface area (Å²) in [5.41, 5.74) is 0. The van der Waals surface area contributed by atoms with Crippen molar-refractivity contribution < 1.29 is 9.47 Å². The predicted molar refractivity (Wildman–Crippen MR) is 41.2 cm³/mol. The third-order valence-electron chi connectivity index (χ3n) is 1.18. The second kappa shape index (κ2) is 8.88.